The Bertz CT molecular complexity index is 689. The quantitative estimate of drug-likeness (QED) is 0.722. The lowest BCUT2D eigenvalue weighted by Crippen LogP contribution is -2.04. The van der Waals surface area contributed by atoms with Crippen molar-refractivity contribution in [2.45, 2.75) is 6.54 Å². The van der Waals surface area contributed by atoms with Gasteiger partial charge < -0.3 is 10.3 Å². The summed E-state index contributed by atoms with van der Waals surface area (Å²) in [5.74, 6) is 0.566. The SMILES string of the molecule is Nc1nc2cc(I)ccc2n1Cc1ccccc1. The molecule has 1 heterocycles. The zero-order chi connectivity index (χ0) is 12.5. The van der Waals surface area contributed by atoms with Crippen LogP contribution in [-0.2, 0) is 6.54 Å². The van der Waals surface area contributed by atoms with E-state index < -0.39 is 0 Å². The Hall–Kier alpha value is -1.56. The minimum atomic E-state index is 0.566. The van der Waals surface area contributed by atoms with Crippen LogP contribution in [0.1, 0.15) is 5.56 Å². The molecule has 3 aromatic rings. The second-order valence-corrected chi connectivity index (χ2v) is 5.42. The van der Waals surface area contributed by atoms with Crippen molar-refractivity contribution in [2.75, 3.05) is 5.73 Å². The molecule has 0 radical (unpaired) electrons. The van der Waals surface area contributed by atoms with E-state index in [-0.39, 0.29) is 0 Å². The molecule has 3 rings (SSSR count). The molecule has 18 heavy (non-hydrogen) atoms. The smallest absolute Gasteiger partial charge is 0.201 e. The van der Waals surface area contributed by atoms with Gasteiger partial charge in [-0.2, -0.15) is 0 Å². The molecule has 0 bridgehead atoms. The topological polar surface area (TPSA) is 43.8 Å². The molecular formula is C14H12IN3. The lowest BCUT2D eigenvalue weighted by Gasteiger charge is -2.06. The van der Waals surface area contributed by atoms with Crippen LogP contribution in [0.25, 0.3) is 11.0 Å². The zero-order valence-corrected chi connectivity index (χ0v) is 11.8. The Morgan fingerprint density at radius 3 is 2.67 bits per heavy atom. The Morgan fingerprint density at radius 2 is 1.89 bits per heavy atom. The summed E-state index contributed by atoms with van der Waals surface area (Å²) in [6.45, 7) is 0.754. The van der Waals surface area contributed by atoms with Gasteiger partial charge in [0.2, 0.25) is 5.95 Å². The number of imidazole rings is 1. The van der Waals surface area contributed by atoms with E-state index in [1.807, 2.05) is 28.8 Å². The van der Waals surface area contributed by atoms with Gasteiger partial charge >= 0.3 is 0 Å². The van der Waals surface area contributed by atoms with Crippen molar-refractivity contribution in [2.24, 2.45) is 0 Å². The summed E-state index contributed by atoms with van der Waals surface area (Å²) < 4.78 is 3.21. The lowest BCUT2D eigenvalue weighted by atomic mass is 10.2. The summed E-state index contributed by atoms with van der Waals surface area (Å²) in [7, 11) is 0. The summed E-state index contributed by atoms with van der Waals surface area (Å²) in [5.41, 5.74) is 9.26. The molecule has 2 N–H and O–H groups in total. The van der Waals surface area contributed by atoms with Crippen molar-refractivity contribution in [1.82, 2.24) is 9.55 Å². The number of hydrogen-bond acceptors (Lipinski definition) is 2. The van der Waals surface area contributed by atoms with Crippen LogP contribution in [0, 0.1) is 3.57 Å². The predicted molar refractivity (Wildman–Crippen MR) is 82.4 cm³/mol. The van der Waals surface area contributed by atoms with Gasteiger partial charge in [-0.1, -0.05) is 30.3 Å². The van der Waals surface area contributed by atoms with E-state index in [9.17, 15) is 0 Å². The van der Waals surface area contributed by atoms with Crippen molar-refractivity contribution in [3.63, 3.8) is 0 Å². The van der Waals surface area contributed by atoms with Crippen LogP contribution in [0.5, 0.6) is 0 Å². The monoisotopic (exact) mass is 349 g/mol. The van der Waals surface area contributed by atoms with Crippen molar-refractivity contribution in [3.05, 3.63) is 57.7 Å². The number of benzene rings is 2. The van der Waals surface area contributed by atoms with Gasteiger partial charge in [0.25, 0.3) is 0 Å². The van der Waals surface area contributed by atoms with Crippen LogP contribution in [0.15, 0.2) is 48.5 Å². The minimum absolute atomic E-state index is 0.566. The number of rotatable bonds is 2. The largest absolute Gasteiger partial charge is 0.369 e. The van der Waals surface area contributed by atoms with Crippen molar-refractivity contribution in [1.29, 1.82) is 0 Å². The average molecular weight is 349 g/mol. The first-order valence-corrected chi connectivity index (χ1v) is 6.77. The number of halogens is 1. The standard InChI is InChI=1S/C14H12IN3/c15-11-6-7-13-12(8-11)17-14(16)18(13)9-10-4-2-1-3-5-10/h1-8H,9H2,(H2,16,17). The molecule has 2 aromatic carbocycles. The predicted octanol–water partition coefficient (Wildman–Crippen LogP) is 3.27. The van der Waals surface area contributed by atoms with Crippen LogP contribution in [0.2, 0.25) is 0 Å². The number of nitrogens with two attached hydrogens (primary N) is 1. The molecule has 0 aliphatic rings. The fourth-order valence-corrected chi connectivity index (χ4v) is 2.53. The van der Waals surface area contributed by atoms with Gasteiger partial charge in [0.05, 0.1) is 17.6 Å². The van der Waals surface area contributed by atoms with Crippen molar-refractivity contribution < 1.29 is 0 Å². The van der Waals surface area contributed by atoms with E-state index in [1.54, 1.807) is 0 Å². The van der Waals surface area contributed by atoms with Crippen LogP contribution >= 0.6 is 22.6 Å². The molecule has 0 aliphatic carbocycles. The molecule has 0 aliphatic heterocycles. The fraction of sp³-hybridized carbons (Fsp3) is 0.0714. The van der Waals surface area contributed by atoms with Gasteiger partial charge in [-0.25, -0.2) is 4.98 Å². The van der Waals surface area contributed by atoms with Crippen molar-refractivity contribution in [3.8, 4) is 0 Å². The molecule has 1 aromatic heterocycles. The maximum absolute atomic E-state index is 6.00. The van der Waals surface area contributed by atoms with Crippen LogP contribution in [0.3, 0.4) is 0 Å². The Labute approximate surface area is 119 Å². The van der Waals surface area contributed by atoms with Gasteiger partial charge in [-0.15, -0.1) is 0 Å². The number of fused-ring (bicyclic) bond motifs is 1. The summed E-state index contributed by atoms with van der Waals surface area (Å²) in [5, 5.41) is 0. The number of nitrogens with zero attached hydrogens (tertiary/aromatic N) is 2. The number of anilines is 1. The maximum atomic E-state index is 6.00. The molecule has 4 heteroatoms. The highest BCUT2D eigenvalue weighted by Crippen LogP contribution is 2.21. The summed E-state index contributed by atoms with van der Waals surface area (Å²) in [6, 6.07) is 16.5. The molecule has 0 spiro atoms. The second kappa shape index (κ2) is 4.61. The Balaban J connectivity index is 2.09. The van der Waals surface area contributed by atoms with E-state index >= 15 is 0 Å². The molecule has 0 fully saturated rings. The third kappa shape index (κ3) is 2.08. The third-order valence-electron chi connectivity index (χ3n) is 2.92. The van der Waals surface area contributed by atoms with Crippen LogP contribution in [0.4, 0.5) is 5.95 Å². The maximum Gasteiger partial charge on any atom is 0.201 e. The van der Waals surface area contributed by atoms with Crippen LogP contribution < -0.4 is 5.73 Å². The highest BCUT2D eigenvalue weighted by molar-refractivity contribution is 14.1. The summed E-state index contributed by atoms with van der Waals surface area (Å²) in [6.07, 6.45) is 0. The normalized spacial score (nSPS) is 10.9. The highest BCUT2D eigenvalue weighted by Gasteiger charge is 2.08. The summed E-state index contributed by atoms with van der Waals surface area (Å²) >= 11 is 2.28. The Kier molecular flexibility index (Phi) is 2.95. The number of aromatic nitrogens is 2. The van der Waals surface area contributed by atoms with Crippen molar-refractivity contribution >= 4 is 39.6 Å². The molecule has 0 saturated carbocycles. The van der Waals surface area contributed by atoms with E-state index in [4.69, 9.17) is 5.73 Å². The molecule has 0 unspecified atom stereocenters. The fourth-order valence-electron chi connectivity index (χ4n) is 2.05. The van der Waals surface area contributed by atoms with E-state index in [0.717, 1.165) is 17.6 Å². The lowest BCUT2D eigenvalue weighted by molar-refractivity contribution is 0.838. The molecule has 0 saturated heterocycles. The molecular weight excluding hydrogens is 337 g/mol. The van der Waals surface area contributed by atoms with E-state index in [1.165, 1.54) is 9.13 Å². The Morgan fingerprint density at radius 1 is 1.11 bits per heavy atom. The minimum Gasteiger partial charge on any atom is -0.369 e. The highest BCUT2D eigenvalue weighted by atomic mass is 127. The molecule has 0 amide bonds. The zero-order valence-electron chi connectivity index (χ0n) is 9.68. The van der Waals surface area contributed by atoms with Gasteiger partial charge in [0.15, 0.2) is 0 Å². The molecule has 3 nitrogen and oxygen atoms in total. The number of hydrogen-bond donors (Lipinski definition) is 1. The third-order valence-corrected chi connectivity index (χ3v) is 3.59. The molecule has 90 valence electrons. The first-order valence-electron chi connectivity index (χ1n) is 5.69. The first kappa shape index (κ1) is 11.5. The average Bonchev–Trinajstić information content (AvgIpc) is 2.66. The number of nitrogen functional groups attached to an aromatic ring is 1. The first-order chi connectivity index (χ1) is 8.74. The molecule has 0 atom stereocenters. The van der Waals surface area contributed by atoms with Gasteiger partial charge in [-0.05, 0) is 46.4 Å². The van der Waals surface area contributed by atoms with Gasteiger partial charge in [0, 0.05) is 3.57 Å². The van der Waals surface area contributed by atoms with Gasteiger partial charge in [-0.3, -0.25) is 0 Å². The van der Waals surface area contributed by atoms with E-state index in [0.29, 0.717) is 5.95 Å². The second-order valence-electron chi connectivity index (χ2n) is 4.17. The van der Waals surface area contributed by atoms with Crippen LogP contribution in [-0.4, -0.2) is 9.55 Å². The van der Waals surface area contributed by atoms with E-state index in [2.05, 4.69) is 51.8 Å². The van der Waals surface area contributed by atoms with Gasteiger partial charge in [0.1, 0.15) is 0 Å². The summed E-state index contributed by atoms with van der Waals surface area (Å²) in [4.78, 5) is 4.41.